The smallest absolute Gasteiger partial charge is 0.119 e. The first-order valence-electron chi connectivity index (χ1n) is 7.97. The Morgan fingerprint density at radius 2 is 1.85 bits per heavy atom. The monoisotopic (exact) mass is 275 g/mol. The zero-order chi connectivity index (χ0) is 13.6. The Hall–Kier alpha value is -1.06. The summed E-state index contributed by atoms with van der Waals surface area (Å²) in [4.78, 5) is 0. The molecule has 0 spiro atoms. The third kappa shape index (κ3) is 3.97. The van der Waals surface area contributed by atoms with Crippen LogP contribution in [0.3, 0.4) is 0 Å². The van der Waals surface area contributed by atoms with Crippen molar-refractivity contribution >= 4 is 0 Å². The van der Waals surface area contributed by atoms with E-state index >= 15 is 0 Å². The van der Waals surface area contributed by atoms with Crippen LogP contribution in [-0.2, 0) is 11.2 Å². The molecule has 1 aromatic carbocycles. The van der Waals surface area contributed by atoms with Gasteiger partial charge in [0, 0.05) is 18.9 Å². The Bertz CT molecular complexity index is 353. The molecule has 0 amide bonds. The van der Waals surface area contributed by atoms with Crippen molar-refractivity contribution < 1.29 is 9.47 Å². The van der Waals surface area contributed by atoms with Crippen molar-refractivity contribution in [1.82, 2.24) is 5.32 Å². The summed E-state index contributed by atoms with van der Waals surface area (Å²) in [5, 5.41) is 3.60. The fourth-order valence-corrected chi connectivity index (χ4v) is 3.07. The molecule has 0 radical (unpaired) electrons. The van der Waals surface area contributed by atoms with Crippen LogP contribution in [0.15, 0.2) is 24.3 Å². The van der Waals surface area contributed by atoms with Gasteiger partial charge in [-0.25, -0.2) is 0 Å². The minimum Gasteiger partial charge on any atom is -0.490 e. The normalized spacial score (nSPS) is 24.5. The molecule has 2 fully saturated rings. The van der Waals surface area contributed by atoms with E-state index in [1.165, 1.54) is 31.4 Å². The summed E-state index contributed by atoms with van der Waals surface area (Å²) < 4.78 is 11.4. The van der Waals surface area contributed by atoms with E-state index < -0.39 is 0 Å². The lowest BCUT2D eigenvalue weighted by Crippen LogP contribution is -2.35. The van der Waals surface area contributed by atoms with Gasteiger partial charge in [0.05, 0.1) is 13.2 Å². The molecule has 1 unspecified atom stereocenters. The SMILES string of the molecule is c1cc(OC2CCOCC2)ccc1CC1CCCCN1. The fraction of sp³-hybridized carbons (Fsp3) is 0.647. The summed E-state index contributed by atoms with van der Waals surface area (Å²) in [6.45, 7) is 2.84. The first-order valence-corrected chi connectivity index (χ1v) is 7.97. The number of rotatable bonds is 4. The van der Waals surface area contributed by atoms with E-state index in [1.807, 2.05) is 0 Å². The molecule has 3 heteroatoms. The highest BCUT2D eigenvalue weighted by atomic mass is 16.5. The van der Waals surface area contributed by atoms with Gasteiger partial charge in [-0.3, -0.25) is 0 Å². The van der Waals surface area contributed by atoms with Crippen LogP contribution in [0.25, 0.3) is 0 Å². The molecule has 3 nitrogen and oxygen atoms in total. The third-order valence-electron chi connectivity index (χ3n) is 4.29. The quantitative estimate of drug-likeness (QED) is 0.916. The van der Waals surface area contributed by atoms with E-state index in [4.69, 9.17) is 9.47 Å². The molecule has 0 saturated carbocycles. The Morgan fingerprint density at radius 1 is 1.05 bits per heavy atom. The zero-order valence-electron chi connectivity index (χ0n) is 12.1. The zero-order valence-corrected chi connectivity index (χ0v) is 12.1. The van der Waals surface area contributed by atoms with Gasteiger partial charge in [0.1, 0.15) is 11.9 Å². The summed E-state index contributed by atoms with van der Waals surface area (Å²) in [5.74, 6) is 0.997. The maximum atomic E-state index is 6.00. The van der Waals surface area contributed by atoms with Crippen LogP contribution in [0, 0.1) is 0 Å². The van der Waals surface area contributed by atoms with Gasteiger partial charge in [0.25, 0.3) is 0 Å². The van der Waals surface area contributed by atoms with Gasteiger partial charge in [-0.2, -0.15) is 0 Å². The van der Waals surface area contributed by atoms with E-state index in [0.29, 0.717) is 12.1 Å². The topological polar surface area (TPSA) is 30.5 Å². The number of hydrogen-bond donors (Lipinski definition) is 1. The second-order valence-corrected chi connectivity index (χ2v) is 5.92. The first-order chi connectivity index (χ1) is 9.90. The van der Waals surface area contributed by atoms with Gasteiger partial charge in [-0.1, -0.05) is 18.6 Å². The van der Waals surface area contributed by atoms with Gasteiger partial charge in [0.15, 0.2) is 0 Å². The predicted molar refractivity (Wildman–Crippen MR) is 80.3 cm³/mol. The average Bonchev–Trinajstić information content (AvgIpc) is 2.51. The number of benzene rings is 1. The molecule has 2 heterocycles. The molecule has 1 N–H and O–H groups in total. The van der Waals surface area contributed by atoms with E-state index in [0.717, 1.165) is 38.2 Å². The van der Waals surface area contributed by atoms with Crippen molar-refractivity contribution in [3.63, 3.8) is 0 Å². The first kappa shape index (κ1) is 13.9. The van der Waals surface area contributed by atoms with Gasteiger partial charge in [-0.15, -0.1) is 0 Å². The molecular weight excluding hydrogens is 250 g/mol. The van der Waals surface area contributed by atoms with E-state index in [1.54, 1.807) is 0 Å². The predicted octanol–water partition coefficient (Wildman–Crippen LogP) is 2.93. The number of hydrogen-bond acceptors (Lipinski definition) is 3. The van der Waals surface area contributed by atoms with Crippen molar-refractivity contribution in [2.75, 3.05) is 19.8 Å². The van der Waals surface area contributed by atoms with Crippen molar-refractivity contribution in [2.45, 2.75) is 50.7 Å². The van der Waals surface area contributed by atoms with Crippen molar-refractivity contribution in [1.29, 1.82) is 0 Å². The second kappa shape index (κ2) is 7.09. The minimum atomic E-state index is 0.328. The summed E-state index contributed by atoms with van der Waals surface area (Å²) in [6, 6.07) is 9.32. The Labute approximate surface area is 121 Å². The molecule has 2 saturated heterocycles. The summed E-state index contributed by atoms with van der Waals surface area (Å²) in [5.41, 5.74) is 1.41. The highest BCUT2D eigenvalue weighted by Crippen LogP contribution is 2.20. The Morgan fingerprint density at radius 3 is 2.55 bits per heavy atom. The van der Waals surface area contributed by atoms with Crippen LogP contribution < -0.4 is 10.1 Å². The summed E-state index contributed by atoms with van der Waals surface area (Å²) in [6.07, 6.45) is 7.48. The molecule has 2 aliphatic rings. The Kier molecular flexibility index (Phi) is 4.93. The van der Waals surface area contributed by atoms with Crippen LogP contribution in [0.5, 0.6) is 5.75 Å². The largest absolute Gasteiger partial charge is 0.490 e. The lowest BCUT2D eigenvalue weighted by atomic mass is 9.98. The summed E-state index contributed by atoms with van der Waals surface area (Å²) >= 11 is 0. The maximum absolute atomic E-state index is 6.00. The lowest BCUT2D eigenvalue weighted by Gasteiger charge is -2.24. The number of nitrogens with one attached hydrogen (secondary N) is 1. The molecule has 1 aromatic rings. The molecular formula is C17H25NO2. The second-order valence-electron chi connectivity index (χ2n) is 5.92. The average molecular weight is 275 g/mol. The minimum absolute atomic E-state index is 0.328. The standard InChI is InChI=1S/C17H25NO2/c1-2-10-18-15(3-1)13-14-4-6-16(7-5-14)20-17-8-11-19-12-9-17/h4-7,15,17-18H,1-3,8-13H2. The van der Waals surface area contributed by atoms with E-state index in [2.05, 4.69) is 29.6 Å². The van der Waals surface area contributed by atoms with Crippen molar-refractivity contribution in [2.24, 2.45) is 0 Å². The van der Waals surface area contributed by atoms with E-state index in [9.17, 15) is 0 Å². The Balaban J connectivity index is 1.51. The summed E-state index contributed by atoms with van der Waals surface area (Å²) in [7, 11) is 0. The molecule has 3 rings (SSSR count). The third-order valence-corrected chi connectivity index (χ3v) is 4.29. The molecule has 0 bridgehead atoms. The van der Waals surface area contributed by atoms with Gasteiger partial charge >= 0.3 is 0 Å². The van der Waals surface area contributed by atoms with Crippen molar-refractivity contribution in [3.05, 3.63) is 29.8 Å². The van der Waals surface area contributed by atoms with Crippen LogP contribution in [0.1, 0.15) is 37.7 Å². The number of ether oxygens (including phenoxy) is 2. The fourth-order valence-electron chi connectivity index (χ4n) is 3.07. The van der Waals surface area contributed by atoms with Crippen LogP contribution >= 0.6 is 0 Å². The molecule has 20 heavy (non-hydrogen) atoms. The molecule has 2 aliphatic heterocycles. The molecule has 0 aromatic heterocycles. The van der Waals surface area contributed by atoms with Crippen LogP contribution in [0.2, 0.25) is 0 Å². The molecule has 0 aliphatic carbocycles. The molecule has 110 valence electrons. The maximum Gasteiger partial charge on any atom is 0.119 e. The van der Waals surface area contributed by atoms with Gasteiger partial charge in [0.2, 0.25) is 0 Å². The highest BCUT2D eigenvalue weighted by Gasteiger charge is 2.16. The van der Waals surface area contributed by atoms with Gasteiger partial charge in [-0.05, 0) is 43.5 Å². The number of piperidine rings is 1. The highest BCUT2D eigenvalue weighted by molar-refractivity contribution is 5.28. The lowest BCUT2D eigenvalue weighted by molar-refractivity contribution is 0.0255. The van der Waals surface area contributed by atoms with Crippen LogP contribution in [0.4, 0.5) is 0 Å². The van der Waals surface area contributed by atoms with E-state index in [-0.39, 0.29) is 0 Å². The molecule has 1 atom stereocenters. The van der Waals surface area contributed by atoms with Crippen molar-refractivity contribution in [3.8, 4) is 5.75 Å². The van der Waals surface area contributed by atoms with Gasteiger partial charge < -0.3 is 14.8 Å². The van der Waals surface area contributed by atoms with Crippen LogP contribution in [-0.4, -0.2) is 31.9 Å².